The van der Waals surface area contributed by atoms with Gasteiger partial charge in [0.1, 0.15) is 10.5 Å². The fourth-order valence-electron chi connectivity index (χ4n) is 6.03. The van der Waals surface area contributed by atoms with E-state index in [0.717, 1.165) is 34.1 Å². The lowest BCUT2D eigenvalue weighted by Crippen LogP contribution is -2.10. The Hall–Kier alpha value is -5.59. The lowest BCUT2D eigenvalue weighted by atomic mass is 10.1. The first-order valence-corrected chi connectivity index (χ1v) is 15.8. The summed E-state index contributed by atoms with van der Waals surface area (Å²) in [7, 11) is -3.82. The third-order valence-electron chi connectivity index (χ3n) is 7.97. The summed E-state index contributed by atoms with van der Waals surface area (Å²) in [5, 5.41) is 0.565. The highest BCUT2D eigenvalue weighted by Crippen LogP contribution is 2.51. The second-order valence-corrected chi connectivity index (χ2v) is 12.5. The Bertz CT molecular complexity index is 2150. The van der Waals surface area contributed by atoms with Gasteiger partial charge in [0.15, 0.2) is 5.76 Å². The van der Waals surface area contributed by atoms with E-state index in [-0.39, 0.29) is 9.79 Å². The van der Waals surface area contributed by atoms with E-state index < -0.39 is 9.84 Å². The van der Waals surface area contributed by atoms with Gasteiger partial charge in [-0.1, -0.05) is 72.8 Å². The summed E-state index contributed by atoms with van der Waals surface area (Å²) < 4.78 is 34.6. The van der Waals surface area contributed by atoms with E-state index in [2.05, 4.69) is 9.80 Å². The predicted octanol–water partition coefficient (Wildman–Crippen LogP) is 10.2. The molecule has 6 heteroatoms. The highest BCUT2D eigenvalue weighted by atomic mass is 32.2. The average molecular weight is 591 g/mol. The van der Waals surface area contributed by atoms with Crippen molar-refractivity contribution in [1.29, 1.82) is 0 Å². The van der Waals surface area contributed by atoms with Crippen molar-refractivity contribution in [3.8, 4) is 11.3 Å². The Morgan fingerprint density at radius 2 is 0.886 bits per heavy atom. The summed E-state index contributed by atoms with van der Waals surface area (Å²) in [5.41, 5.74) is 6.64. The van der Waals surface area contributed by atoms with Crippen LogP contribution in [0.2, 0.25) is 0 Å². The molecule has 6 aromatic carbocycles. The fourth-order valence-corrected chi connectivity index (χ4v) is 7.78. The number of nitrogens with zero attached hydrogens (tertiary/aromatic N) is 2. The molecule has 0 amide bonds. The van der Waals surface area contributed by atoms with Gasteiger partial charge >= 0.3 is 0 Å². The Morgan fingerprint density at radius 3 is 1.36 bits per heavy atom. The molecule has 0 unspecified atom stereocenters. The molecule has 0 bridgehead atoms. The van der Waals surface area contributed by atoms with Crippen molar-refractivity contribution in [2.45, 2.75) is 9.79 Å². The molecule has 2 heterocycles. The van der Waals surface area contributed by atoms with Crippen molar-refractivity contribution in [3.05, 3.63) is 158 Å². The summed E-state index contributed by atoms with van der Waals surface area (Å²) in [6.45, 7) is 0. The largest absolute Gasteiger partial charge is 0.455 e. The van der Waals surface area contributed by atoms with Gasteiger partial charge in [-0.15, -0.1) is 0 Å². The van der Waals surface area contributed by atoms with Crippen LogP contribution in [-0.2, 0) is 9.84 Å². The zero-order valence-corrected chi connectivity index (χ0v) is 24.4. The van der Waals surface area contributed by atoms with E-state index in [1.165, 1.54) is 0 Å². The van der Waals surface area contributed by atoms with Crippen molar-refractivity contribution in [3.63, 3.8) is 0 Å². The monoisotopic (exact) mass is 590 g/mol. The minimum Gasteiger partial charge on any atom is -0.455 e. The topological polar surface area (TPSA) is 53.8 Å². The number of anilines is 6. The highest BCUT2D eigenvalue weighted by Gasteiger charge is 2.39. The van der Waals surface area contributed by atoms with E-state index >= 15 is 0 Å². The van der Waals surface area contributed by atoms with Gasteiger partial charge in [-0.25, -0.2) is 8.42 Å². The van der Waals surface area contributed by atoms with E-state index in [1.54, 1.807) is 6.07 Å². The normalized spacial score (nSPS) is 12.9. The molecule has 0 fully saturated rings. The van der Waals surface area contributed by atoms with Crippen LogP contribution in [-0.4, -0.2) is 8.42 Å². The maximum Gasteiger partial charge on any atom is 0.211 e. The zero-order valence-electron chi connectivity index (χ0n) is 23.5. The van der Waals surface area contributed by atoms with Gasteiger partial charge in [0.25, 0.3) is 0 Å². The SMILES string of the molecule is O=S1(=O)c2ccc(N(c3ccccc3)c3ccccc3)cc2-c2oc3ccc(N(c4ccccc4)c4ccccc4)cc3c21. The Kier molecular flexibility index (Phi) is 6.10. The quantitative estimate of drug-likeness (QED) is 0.193. The van der Waals surface area contributed by atoms with Gasteiger partial charge < -0.3 is 14.2 Å². The summed E-state index contributed by atoms with van der Waals surface area (Å²) in [5.74, 6) is 0.376. The number of sulfone groups is 1. The molecule has 0 aliphatic carbocycles. The van der Waals surface area contributed by atoms with E-state index in [1.807, 2.05) is 152 Å². The summed E-state index contributed by atoms with van der Waals surface area (Å²) in [4.78, 5) is 4.70. The van der Waals surface area contributed by atoms with Gasteiger partial charge in [0, 0.05) is 45.1 Å². The molecular formula is C38H26N2O3S. The first-order chi connectivity index (χ1) is 21.6. The number of hydrogen-bond acceptors (Lipinski definition) is 5. The second-order valence-electron chi connectivity index (χ2n) is 10.6. The van der Waals surface area contributed by atoms with Crippen LogP contribution < -0.4 is 9.80 Å². The molecule has 0 radical (unpaired) electrons. The van der Waals surface area contributed by atoms with E-state index in [4.69, 9.17) is 4.42 Å². The molecule has 8 rings (SSSR count). The van der Waals surface area contributed by atoms with Gasteiger partial charge in [0.05, 0.1) is 4.90 Å². The van der Waals surface area contributed by atoms with Crippen molar-refractivity contribution in [1.82, 2.24) is 0 Å². The third kappa shape index (κ3) is 4.19. The van der Waals surface area contributed by atoms with Gasteiger partial charge in [-0.2, -0.15) is 0 Å². The molecule has 44 heavy (non-hydrogen) atoms. The van der Waals surface area contributed by atoms with Gasteiger partial charge in [-0.3, -0.25) is 0 Å². The maximum atomic E-state index is 14.1. The van der Waals surface area contributed by atoms with Crippen molar-refractivity contribution in [2.75, 3.05) is 9.80 Å². The van der Waals surface area contributed by atoms with Crippen molar-refractivity contribution < 1.29 is 12.8 Å². The van der Waals surface area contributed by atoms with Crippen LogP contribution in [0.4, 0.5) is 34.1 Å². The maximum absolute atomic E-state index is 14.1. The molecule has 5 nitrogen and oxygen atoms in total. The molecule has 0 saturated heterocycles. The molecule has 7 aromatic rings. The van der Waals surface area contributed by atoms with Crippen LogP contribution >= 0.6 is 0 Å². The number of fused-ring (bicyclic) bond motifs is 5. The molecule has 1 aromatic heterocycles. The summed E-state index contributed by atoms with van der Waals surface area (Å²) in [6.07, 6.45) is 0. The van der Waals surface area contributed by atoms with E-state index in [0.29, 0.717) is 22.3 Å². The number of furan rings is 1. The summed E-state index contributed by atoms with van der Waals surface area (Å²) in [6, 6.07) is 51.4. The van der Waals surface area contributed by atoms with E-state index in [9.17, 15) is 8.42 Å². The molecule has 212 valence electrons. The molecular weight excluding hydrogens is 564 g/mol. The minimum absolute atomic E-state index is 0.216. The lowest BCUT2D eigenvalue weighted by Gasteiger charge is -2.25. The molecule has 0 saturated carbocycles. The Labute approximate surface area is 255 Å². The van der Waals surface area contributed by atoms with Crippen LogP contribution in [0, 0.1) is 0 Å². The first kappa shape index (κ1) is 26.1. The number of para-hydroxylation sites is 4. The molecule has 0 spiro atoms. The average Bonchev–Trinajstić information content (AvgIpc) is 3.56. The van der Waals surface area contributed by atoms with Crippen LogP contribution in [0.15, 0.2) is 172 Å². The second kappa shape index (κ2) is 10.3. The fraction of sp³-hybridized carbons (Fsp3) is 0. The van der Waals surface area contributed by atoms with Crippen LogP contribution in [0.5, 0.6) is 0 Å². The van der Waals surface area contributed by atoms with Gasteiger partial charge in [0.2, 0.25) is 9.84 Å². The molecule has 0 atom stereocenters. The van der Waals surface area contributed by atoms with Gasteiger partial charge in [-0.05, 0) is 84.9 Å². The predicted molar refractivity (Wildman–Crippen MR) is 176 cm³/mol. The standard InChI is InChI=1S/C38H26N2O3S/c41-44(42)36-24-22-32(40(29-17-9-3-10-18-29)30-19-11-4-12-20-30)26-34(36)37-38(44)33-25-31(21-23-35(33)43-37)39(27-13-5-1-6-14-27)28-15-7-2-8-16-28/h1-26H. The number of rotatable bonds is 6. The molecule has 0 N–H and O–H groups in total. The first-order valence-electron chi connectivity index (χ1n) is 14.4. The van der Waals surface area contributed by atoms with Crippen molar-refractivity contribution >= 4 is 54.9 Å². The smallest absolute Gasteiger partial charge is 0.211 e. The van der Waals surface area contributed by atoms with Crippen molar-refractivity contribution in [2.24, 2.45) is 0 Å². The van der Waals surface area contributed by atoms with Crippen LogP contribution in [0.25, 0.3) is 22.3 Å². The summed E-state index contributed by atoms with van der Waals surface area (Å²) >= 11 is 0. The Morgan fingerprint density at radius 1 is 0.455 bits per heavy atom. The Balaban J connectivity index is 1.30. The number of benzene rings is 6. The molecule has 1 aliphatic heterocycles. The third-order valence-corrected chi connectivity index (χ3v) is 9.84. The van der Waals surface area contributed by atoms with Crippen LogP contribution in [0.3, 0.4) is 0 Å². The highest BCUT2D eigenvalue weighted by molar-refractivity contribution is 7.92. The number of hydrogen-bond donors (Lipinski definition) is 0. The molecule has 1 aliphatic rings. The van der Waals surface area contributed by atoms with Crippen LogP contribution in [0.1, 0.15) is 0 Å². The zero-order chi connectivity index (χ0) is 29.7. The lowest BCUT2D eigenvalue weighted by molar-refractivity contribution is 0.597. The minimum atomic E-state index is -3.82.